The van der Waals surface area contributed by atoms with Crippen LogP contribution in [0, 0.1) is 0 Å². The smallest absolute Gasteiger partial charge is 0.343 e. The fourth-order valence-corrected chi connectivity index (χ4v) is 3.38. The van der Waals surface area contributed by atoms with Crippen LogP contribution >= 0.6 is 11.6 Å². The van der Waals surface area contributed by atoms with Crippen molar-refractivity contribution in [1.82, 2.24) is 14.7 Å². The molecule has 2 heterocycles. The van der Waals surface area contributed by atoms with Gasteiger partial charge in [-0.25, -0.2) is 4.79 Å². The van der Waals surface area contributed by atoms with E-state index in [0.717, 1.165) is 17.7 Å². The van der Waals surface area contributed by atoms with Crippen molar-refractivity contribution < 1.29 is 14.3 Å². The van der Waals surface area contributed by atoms with Crippen LogP contribution in [0.15, 0.2) is 24.4 Å². The Morgan fingerprint density at radius 1 is 1.38 bits per heavy atom. The van der Waals surface area contributed by atoms with Gasteiger partial charge in [0.1, 0.15) is 11.4 Å². The largest absolute Gasteiger partial charge is 0.462 e. The lowest BCUT2D eigenvalue weighted by Gasteiger charge is -2.31. The molecule has 138 valence electrons. The van der Waals surface area contributed by atoms with Gasteiger partial charge in [-0.2, -0.15) is 5.10 Å². The number of amides is 1. The summed E-state index contributed by atoms with van der Waals surface area (Å²) in [5.41, 5.74) is 2.22. The molecule has 0 aliphatic carbocycles. The van der Waals surface area contributed by atoms with Gasteiger partial charge in [-0.1, -0.05) is 17.7 Å². The maximum Gasteiger partial charge on any atom is 0.343 e. The number of esters is 1. The number of anilines is 1. The minimum Gasteiger partial charge on any atom is -0.462 e. The highest BCUT2D eigenvalue weighted by molar-refractivity contribution is 6.30. The molecule has 8 heteroatoms. The summed E-state index contributed by atoms with van der Waals surface area (Å²) in [6.07, 6.45) is 1.40. The third kappa shape index (κ3) is 3.59. The number of nitrogens with one attached hydrogen (secondary N) is 1. The number of fused-ring (bicyclic) bond motifs is 1. The molecule has 7 nitrogen and oxygen atoms in total. The summed E-state index contributed by atoms with van der Waals surface area (Å²) in [7, 11) is 3.62. The van der Waals surface area contributed by atoms with Gasteiger partial charge < -0.3 is 15.0 Å². The van der Waals surface area contributed by atoms with Gasteiger partial charge in [-0.3, -0.25) is 9.48 Å². The molecule has 3 rings (SSSR count). The van der Waals surface area contributed by atoms with Gasteiger partial charge in [0.05, 0.1) is 18.7 Å². The van der Waals surface area contributed by atoms with Gasteiger partial charge in [0.15, 0.2) is 0 Å². The Balaban J connectivity index is 1.88. The van der Waals surface area contributed by atoms with Gasteiger partial charge >= 0.3 is 5.97 Å². The molecule has 1 N–H and O–H groups in total. The van der Waals surface area contributed by atoms with E-state index in [4.69, 9.17) is 16.3 Å². The average Bonchev–Trinajstić information content (AvgIpc) is 2.94. The summed E-state index contributed by atoms with van der Waals surface area (Å²) in [6.45, 7) is 3.29. The molecular formula is C18H21ClN4O3. The number of rotatable bonds is 4. The van der Waals surface area contributed by atoms with Gasteiger partial charge in [0, 0.05) is 25.2 Å². The zero-order valence-corrected chi connectivity index (χ0v) is 15.7. The highest BCUT2D eigenvalue weighted by Crippen LogP contribution is 2.31. The van der Waals surface area contributed by atoms with E-state index in [2.05, 4.69) is 15.3 Å². The molecule has 1 aliphatic heterocycles. The zero-order chi connectivity index (χ0) is 18.8. The molecule has 0 fully saturated rings. The second-order valence-electron chi connectivity index (χ2n) is 6.33. The molecule has 26 heavy (non-hydrogen) atoms. The van der Waals surface area contributed by atoms with Crippen LogP contribution < -0.4 is 5.32 Å². The van der Waals surface area contributed by atoms with Crippen LogP contribution in [0.4, 0.5) is 5.82 Å². The van der Waals surface area contributed by atoms with Gasteiger partial charge in [-0.05, 0) is 37.2 Å². The van der Waals surface area contributed by atoms with Crippen molar-refractivity contribution in [3.8, 4) is 0 Å². The first-order chi connectivity index (χ1) is 12.4. The van der Waals surface area contributed by atoms with E-state index >= 15 is 0 Å². The van der Waals surface area contributed by atoms with Gasteiger partial charge in [0.2, 0.25) is 5.91 Å². The molecule has 1 aliphatic rings. The van der Waals surface area contributed by atoms with E-state index < -0.39 is 5.97 Å². The number of ether oxygens (including phenoxy) is 1. The zero-order valence-electron chi connectivity index (χ0n) is 15.0. The summed E-state index contributed by atoms with van der Waals surface area (Å²) in [5.74, 6) is -0.749. The van der Waals surface area contributed by atoms with E-state index in [-0.39, 0.29) is 24.0 Å². The Hall–Kier alpha value is -2.38. The van der Waals surface area contributed by atoms with E-state index in [1.54, 1.807) is 20.0 Å². The predicted octanol–water partition coefficient (Wildman–Crippen LogP) is 2.42. The first-order valence-electron chi connectivity index (χ1n) is 8.37. The minimum absolute atomic E-state index is 0.200. The summed E-state index contributed by atoms with van der Waals surface area (Å²) in [6, 6.07) is 5.57. The first kappa shape index (κ1) is 18.4. The molecule has 0 bridgehead atoms. The number of hydrogen-bond acceptors (Lipinski definition) is 5. The summed E-state index contributed by atoms with van der Waals surface area (Å²) >= 11 is 6.09. The number of nitrogens with zero attached hydrogens (tertiary/aromatic N) is 3. The fraction of sp³-hybridized carbons (Fsp3) is 0.389. The molecule has 1 amide bonds. The third-order valence-electron chi connectivity index (χ3n) is 4.41. The Morgan fingerprint density at radius 3 is 2.88 bits per heavy atom. The molecule has 1 unspecified atom stereocenters. The number of likely N-dealkylation sites (N-methyl/N-ethyl adjacent to an activating group) is 1. The lowest BCUT2D eigenvalue weighted by atomic mass is 9.89. The van der Waals surface area contributed by atoms with E-state index in [1.807, 2.05) is 19.2 Å². The molecular weight excluding hydrogens is 356 g/mol. The Kier molecular flexibility index (Phi) is 5.29. The van der Waals surface area contributed by atoms with Gasteiger partial charge in [0.25, 0.3) is 0 Å². The Morgan fingerprint density at radius 2 is 2.15 bits per heavy atom. The van der Waals surface area contributed by atoms with Crippen molar-refractivity contribution in [2.75, 3.05) is 25.5 Å². The topological polar surface area (TPSA) is 76.5 Å². The minimum atomic E-state index is -0.510. The normalized spacial score (nSPS) is 16.8. The highest BCUT2D eigenvalue weighted by atomic mass is 35.5. The molecule has 0 spiro atoms. The van der Waals surface area contributed by atoms with Gasteiger partial charge in [-0.15, -0.1) is 0 Å². The number of aromatic nitrogens is 2. The lowest BCUT2D eigenvalue weighted by molar-refractivity contribution is -0.118. The van der Waals surface area contributed by atoms with Crippen LogP contribution in [-0.2, 0) is 23.1 Å². The SMILES string of the molecule is CCOC(=O)c1cnn(C)c1NC(=O)C1CN(C)Cc2cc(Cl)ccc21. The number of halogens is 1. The second kappa shape index (κ2) is 7.47. The van der Waals surface area contributed by atoms with E-state index in [0.29, 0.717) is 17.4 Å². The average molecular weight is 377 g/mol. The van der Waals surface area contributed by atoms with Crippen molar-refractivity contribution in [2.24, 2.45) is 7.05 Å². The first-order valence-corrected chi connectivity index (χ1v) is 8.75. The highest BCUT2D eigenvalue weighted by Gasteiger charge is 2.31. The van der Waals surface area contributed by atoms with E-state index in [1.165, 1.54) is 10.9 Å². The lowest BCUT2D eigenvalue weighted by Crippen LogP contribution is -2.37. The number of carbonyl (C=O) groups is 2. The summed E-state index contributed by atoms with van der Waals surface area (Å²) < 4.78 is 6.49. The molecule has 0 saturated heterocycles. The van der Waals surface area contributed by atoms with Crippen LogP contribution in [0.25, 0.3) is 0 Å². The predicted molar refractivity (Wildman–Crippen MR) is 98.3 cm³/mol. The van der Waals surface area contributed by atoms with Crippen molar-refractivity contribution in [2.45, 2.75) is 19.4 Å². The third-order valence-corrected chi connectivity index (χ3v) is 4.64. The van der Waals surface area contributed by atoms with Crippen molar-refractivity contribution in [3.63, 3.8) is 0 Å². The number of carbonyl (C=O) groups excluding carboxylic acids is 2. The summed E-state index contributed by atoms with van der Waals surface area (Å²) in [4.78, 5) is 27.1. The van der Waals surface area contributed by atoms with Crippen molar-refractivity contribution >= 4 is 29.3 Å². The molecule has 1 aromatic carbocycles. The number of aryl methyl sites for hydroxylation is 1. The maximum absolute atomic E-state index is 13.0. The molecule has 0 radical (unpaired) electrons. The molecule has 0 saturated carbocycles. The van der Waals surface area contributed by atoms with Crippen LogP contribution in [0.2, 0.25) is 5.02 Å². The van der Waals surface area contributed by atoms with Crippen LogP contribution in [0.1, 0.15) is 34.3 Å². The van der Waals surface area contributed by atoms with Crippen LogP contribution in [0.5, 0.6) is 0 Å². The second-order valence-corrected chi connectivity index (χ2v) is 6.77. The fourth-order valence-electron chi connectivity index (χ4n) is 3.19. The molecule has 1 aromatic heterocycles. The molecule has 1 atom stereocenters. The van der Waals surface area contributed by atoms with Crippen molar-refractivity contribution in [1.29, 1.82) is 0 Å². The molecule has 2 aromatic rings. The monoisotopic (exact) mass is 376 g/mol. The van der Waals surface area contributed by atoms with Crippen molar-refractivity contribution in [3.05, 3.63) is 46.1 Å². The number of benzene rings is 1. The van der Waals surface area contributed by atoms with Crippen LogP contribution in [-0.4, -0.2) is 46.8 Å². The summed E-state index contributed by atoms with van der Waals surface area (Å²) in [5, 5.41) is 7.55. The standard InChI is InChI=1S/C18H21ClN4O3/c1-4-26-18(25)14-8-20-23(3)16(14)21-17(24)15-10-22(2)9-11-7-12(19)5-6-13(11)15/h5-8,15H,4,9-10H2,1-3H3,(H,21,24). The Labute approximate surface area is 156 Å². The quantitative estimate of drug-likeness (QED) is 0.829. The Bertz CT molecular complexity index is 849. The van der Waals surface area contributed by atoms with Crippen LogP contribution in [0.3, 0.4) is 0 Å². The maximum atomic E-state index is 13.0. The van der Waals surface area contributed by atoms with E-state index in [9.17, 15) is 9.59 Å². The number of hydrogen-bond donors (Lipinski definition) is 1.